The van der Waals surface area contributed by atoms with E-state index < -0.39 is 0 Å². The molecule has 0 aliphatic heterocycles. The highest BCUT2D eigenvalue weighted by atomic mass is 16.5. The molecule has 1 aliphatic carbocycles. The van der Waals surface area contributed by atoms with Gasteiger partial charge < -0.3 is 20.3 Å². The second-order valence-corrected chi connectivity index (χ2v) is 7.37. The first-order chi connectivity index (χ1) is 13.2. The molecule has 1 saturated carbocycles. The van der Waals surface area contributed by atoms with Crippen LogP contribution in [0.4, 0.5) is 11.8 Å². The van der Waals surface area contributed by atoms with Crippen LogP contribution in [-0.4, -0.2) is 49.8 Å². The molecule has 2 N–H and O–H groups in total. The molecule has 146 valence electrons. The van der Waals surface area contributed by atoms with E-state index in [9.17, 15) is 0 Å². The van der Waals surface area contributed by atoms with Crippen LogP contribution in [0.1, 0.15) is 37.4 Å². The molecule has 0 saturated heterocycles. The zero-order valence-corrected chi connectivity index (χ0v) is 16.6. The average Bonchev–Trinajstić information content (AvgIpc) is 2.71. The largest absolute Gasteiger partial charge is 0.375 e. The quantitative estimate of drug-likeness (QED) is 0.745. The standard InChI is InChI=1S/C21H31N5O/c1-26(2)20-13-14-22-21(25-20)24-18-11-9-17(10-12-18)23-15-19(27-3)16-7-5-4-6-8-16/h4-8,13-14,17-19,23H,9-12,15H2,1-3H3,(H,22,24,25)/t17-,18+,19?. The maximum absolute atomic E-state index is 5.66. The van der Waals surface area contributed by atoms with E-state index in [0.717, 1.165) is 44.0 Å². The SMILES string of the molecule is COC(CN[C@H]1CC[C@@H](Nc2nccc(N(C)C)n2)CC1)c1ccccc1. The molecule has 1 unspecified atom stereocenters. The number of hydrogen-bond acceptors (Lipinski definition) is 6. The highest BCUT2D eigenvalue weighted by Crippen LogP contribution is 2.23. The van der Waals surface area contributed by atoms with Crippen molar-refractivity contribution in [3.05, 3.63) is 48.2 Å². The lowest BCUT2D eigenvalue weighted by Gasteiger charge is -2.31. The van der Waals surface area contributed by atoms with Crippen LogP contribution in [0, 0.1) is 0 Å². The number of methoxy groups -OCH3 is 1. The Morgan fingerprint density at radius 3 is 2.44 bits per heavy atom. The summed E-state index contributed by atoms with van der Waals surface area (Å²) in [6, 6.07) is 13.3. The highest BCUT2D eigenvalue weighted by molar-refractivity contribution is 5.41. The molecule has 1 atom stereocenters. The van der Waals surface area contributed by atoms with Crippen molar-refractivity contribution in [2.24, 2.45) is 0 Å². The monoisotopic (exact) mass is 369 g/mol. The highest BCUT2D eigenvalue weighted by Gasteiger charge is 2.22. The third kappa shape index (κ3) is 5.65. The van der Waals surface area contributed by atoms with Gasteiger partial charge in [-0.25, -0.2) is 4.98 Å². The summed E-state index contributed by atoms with van der Waals surface area (Å²) in [6.07, 6.45) is 6.45. The zero-order chi connectivity index (χ0) is 19.1. The number of ether oxygens (including phenoxy) is 1. The Morgan fingerprint density at radius 1 is 1.07 bits per heavy atom. The number of rotatable bonds is 8. The molecule has 6 heteroatoms. The number of anilines is 2. The van der Waals surface area contributed by atoms with Gasteiger partial charge in [-0.05, 0) is 37.3 Å². The van der Waals surface area contributed by atoms with Gasteiger partial charge in [-0.1, -0.05) is 30.3 Å². The molecule has 3 rings (SSSR count). The number of aromatic nitrogens is 2. The van der Waals surface area contributed by atoms with Crippen LogP contribution in [0.25, 0.3) is 0 Å². The Hall–Kier alpha value is -2.18. The first-order valence-corrected chi connectivity index (χ1v) is 9.73. The van der Waals surface area contributed by atoms with Gasteiger partial charge in [0.25, 0.3) is 0 Å². The van der Waals surface area contributed by atoms with Gasteiger partial charge in [0.2, 0.25) is 5.95 Å². The summed E-state index contributed by atoms with van der Waals surface area (Å²) in [4.78, 5) is 10.9. The summed E-state index contributed by atoms with van der Waals surface area (Å²) in [5.74, 6) is 1.65. The second-order valence-electron chi connectivity index (χ2n) is 7.37. The van der Waals surface area contributed by atoms with Crippen LogP contribution < -0.4 is 15.5 Å². The third-order valence-corrected chi connectivity index (χ3v) is 5.21. The summed E-state index contributed by atoms with van der Waals surface area (Å²) >= 11 is 0. The summed E-state index contributed by atoms with van der Waals surface area (Å²) in [5, 5.41) is 7.19. The summed E-state index contributed by atoms with van der Waals surface area (Å²) < 4.78 is 5.66. The van der Waals surface area contributed by atoms with E-state index in [4.69, 9.17) is 4.74 Å². The van der Waals surface area contributed by atoms with Crippen molar-refractivity contribution in [1.29, 1.82) is 0 Å². The minimum absolute atomic E-state index is 0.101. The molecule has 2 aromatic rings. The van der Waals surface area contributed by atoms with Crippen molar-refractivity contribution in [3.8, 4) is 0 Å². The third-order valence-electron chi connectivity index (χ3n) is 5.21. The van der Waals surface area contributed by atoms with Gasteiger partial charge in [0.15, 0.2) is 0 Å². The van der Waals surface area contributed by atoms with Crippen molar-refractivity contribution >= 4 is 11.8 Å². The van der Waals surface area contributed by atoms with Gasteiger partial charge in [-0.2, -0.15) is 4.98 Å². The second kappa shape index (κ2) is 9.67. The molecule has 0 spiro atoms. The lowest BCUT2D eigenvalue weighted by atomic mass is 9.91. The van der Waals surface area contributed by atoms with Gasteiger partial charge >= 0.3 is 0 Å². The van der Waals surface area contributed by atoms with Gasteiger partial charge in [0.05, 0.1) is 6.10 Å². The topological polar surface area (TPSA) is 62.3 Å². The summed E-state index contributed by atoms with van der Waals surface area (Å²) in [7, 11) is 5.76. The molecule has 1 aromatic carbocycles. The van der Waals surface area contributed by atoms with E-state index in [1.807, 2.05) is 37.3 Å². The Bertz CT molecular complexity index is 686. The van der Waals surface area contributed by atoms with Gasteiger partial charge in [-0.3, -0.25) is 0 Å². The predicted octanol–water partition coefficient (Wildman–Crippen LogP) is 3.24. The number of nitrogens with one attached hydrogen (secondary N) is 2. The Balaban J connectivity index is 1.44. The molecular weight excluding hydrogens is 338 g/mol. The van der Waals surface area contributed by atoms with Crippen molar-refractivity contribution < 1.29 is 4.74 Å². The van der Waals surface area contributed by atoms with Crippen molar-refractivity contribution in [3.63, 3.8) is 0 Å². The first-order valence-electron chi connectivity index (χ1n) is 9.73. The fourth-order valence-corrected chi connectivity index (χ4v) is 3.57. The molecule has 1 aromatic heterocycles. The molecule has 0 amide bonds. The molecule has 0 bridgehead atoms. The molecular formula is C21H31N5O. The minimum atomic E-state index is 0.101. The van der Waals surface area contributed by atoms with Crippen LogP contribution in [0.2, 0.25) is 0 Å². The average molecular weight is 370 g/mol. The number of nitrogens with zero attached hydrogens (tertiary/aromatic N) is 3. The Morgan fingerprint density at radius 2 is 1.78 bits per heavy atom. The summed E-state index contributed by atoms with van der Waals surface area (Å²) in [5.41, 5.74) is 1.22. The maximum Gasteiger partial charge on any atom is 0.224 e. The Kier molecular flexibility index (Phi) is 7.01. The minimum Gasteiger partial charge on any atom is -0.375 e. The molecule has 1 fully saturated rings. The maximum atomic E-state index is 5.66. The Labute approximate surface area is 162 Å². The van der Waals surface area contributed by atoms with Crippen molar-refractivity contribution in [1.82, 2.24) is 15.3 Å². The van der Waals surface area contributed by atoms with Crippen LogP contribution >= 0.6 is 0 Å². The van der Waals surface area contributed by atoms with Crippen LogP contribution in [-0.2, 0) is 4.74 Å². The molecule has 27 heavy (non-hydrogen) atoms. The van der Waals surface area contributed by atoms with E-state index >= 15 is 0 Å². The van der Waals surface area contributed by atoms with Gasteiger partial charge in [-0.15, -0.1) is 0 Å². The van der Waals surface area contributed by atoms with E-state index in [2.05, 4.69) is 44.9 Å². The molecule has 1 heterocycles. The van der Waals surface area contributed by atoms with E-state index in [1.165, 1.54) is 5.56 Å². The van der Waals surface area contributed by atoms with Crippen LogP contribution in [0.5, 0.6) is 0 Å². The lowest BCUT2D eigenvalue weighted by Crippen LogP contribution is -2.39. The van der Waals surface area contributed by atoms with Gasteiger partial charge in [0, 0.05) is 46.0 Å². The van der Waals surface area contributed by atoms with Crippen LogP contribution in [0.3, 0.4) is 0 Å². The number of hydrogen-bond donors (Lipinski definition) is 2. The first kappa shape index (κ1) is 19.6. The lowest BCUT2D eigenvalue weighted by molar-refractivity contribution is 0.0974. The molecule has 0 radical (unpaired) electrons. The van der Waals surface area contributed by atoms with E-state index in [0.29, 0.717) is 12.1 Å². The summed E-state index contributed by atoms with van der Waals surface area (Å²) in [6.45, 7) is 0.845. The van der Waals surface area contributed by atoms with E-state index in [-0.39, 0.29) is 6.10 Å². The number of benzene rings is 1. The van der Waals surface area contributed by atoms with E-state index in [1.54, 1.807) is 7.11 Å². The smallest absolute Gasteiger partial charge is 0.224 e. The van der Waals surface area contributed by atoms with Crippen molar-refractivity contribution in [2.75, 3.05) is 38.0 Å². The van der Waals surface area contributed by atoms with Crippen molar-refractivity contribution in [2.45, 2.75) is 43.9 Å². The van der Waals surface area contributed by atoms with Crippen LogP contribution in [0.15, 0.2) is 42.6 Å². The predicted molar refractivity (Wildman–Crippen MR) is 110 cm³/mol. The normalized spacial score (nSPS) is 20.9. The molecule has 1 aliphatic rings. The molecule has 6 nitrogen and oxygen atoms in total. The zero-order valence-electron chi connectivity index (χ0n) is 16.6. The van der Waals surface area contributed by atoms with Gasteiger partial charge in [0.1, 0.15) is 5.82 Å². The fraction of sp³-hybridized carbons (Fsp3) is 0.524. The fourth-order valence-electron chi connectivity index (χ4n) is 3.57.